The number of carbonyl (C=O) groups excluding carboxylic acids is 2. The molecule has 9 nitrogen and oxygen atoms in total. The van der Waals surface area contributed by atoms with Crippen LogP contribution in [0.1, 0.15) is 48.1 Å². The Morgan fingerprint density at radius 1 is 0.956 bits per heavy atom. The number of benzene rings is 3. The van der Waals surface area contributed by atoms with Crippen molar-refractivity contribution in [2.75, 3.05) is 53.1 Å². The van der Waals surface area contributed by atoms with Crippen LogP contribution in [0.4, 0.5) is 0 Å². The minimum absolute atomic E-state index is 0.0525. The van der Waals surface area contributed by atoms with E-state index in [1.165, 1.54) is 0 Å². The van der Waals surface area contributed by atoms with Gasteiger partial charge in [-0.3, -0.25) is 14.5 Å². The average Bonchev–Trinajstić information content (AvgIpc) is 3.32. The van der Waals surface area contributed by atoms with E-state index in [0.717, 1.165) is 37.2 Å². The monoisotopic (exact) mass is 614 g/mol. The number of hydrogen-bond acceptors (Lipinski definition) is 8. The number of Topliss-reactive ketones (excluding diaryl/α,β-unsaturated/α-hetero) is 1. The number of ether oxygens (including phenoxy) is 4. The summed E-state index contributed by atoms with van der Waals surface area (Å²) in [4.78, 5) is 31.1. The first-order valence-electron chi connectivity index (χ1n) is 15.6. The molecule has 1 unspecified atom stereocenters. The molecule has 0 aromatic heterocycles. The average molecular weight is 615 g/mol. The smallest absolute Gasteiger partial charge is 0.295 e. The number of carbonyl (C=O) groups is 2. The summed E-state index contributed by atoms with van der Waals surface area (Å²) in [5.41, 5.74) is 2.92. The summed E-state index contributed by atoms with van der Waals surface area (Å²) in [6.45, 7) is 8.97. The summed E-state index contributed by atoms with van der Waals surface area (Å²) in [5, 5.41) is 11.7. The predicted octanol–water partition coefficient (Wildman–Crippen LogP) is 5.52. The van der Waals surface area contributed by atoms with Crippen LogP contribution in [-0.4, -0.2) is 79.7 Å². The largest absolute Gasteiger partial charge is 0.507 e. The molecule has 238 valence electrons. The van der Waals surface area contributed by atoms with Gasteiger partial charge in [-0.05, 0) is 66.8 Å². The molecule has 5 rings (SSSR count). The number of aliphatic hydroxyl groups is 1. The molecule has 1 atom stereocenters. The van der Waals surface area contributed by atoms with E-state index in [1.807, 2.05) is 56.3 Å². The number of aliphatic hydroxyl groups excluding tert-OH is 1. The van der Waals surface area contributed by atoms with Gasteiger partial charge in [0.05, 0.1) is 38.5 Å². The predicted molar refractivity (Wildman–Crippen MR) is 172 cm³/mol. The molecule has 3 aromatic rings. The molecule has 0 radical (unpaired) electrons. The Morgan fingerprint density at radius 3 is 2.44 bits per heavy atom. The van der Waals surface area contributed by atoms with Gasteiger partial charge in [-0.25, -0.2) is 0 Å². The van der Waals surface area contributed by atoms with Crippen molar-refractivity contribution in [1.29, 1.82) is 0 Å². The van der Waals surface area contributed by atoms with Gasteiger partial charge >= 0.3 is 0 Å². The van der Waals surface area contributed by atoms with Crippen molar-refractivity contribution >= 4 is 17.4 Å². The molecule has 2 fully saturated rings. The van der Waals surface area contributed by atoms with Crippen molar-refractivity contribution in [3.8, 4) is 17.2 Å². The van der Waals surface area contributed by atoms with E-state index in [-0.39, 0.29) is 11.3 Å². The summed E-state index contributed by atoms with van der Waals surface area (Å²) < 4.78 is 23.0. The Kier molecular flexibility index (Phi) is 10.8. The van der Waals surface area contributed by atoms with Gasteiger partial charge in [0, 0.05) is 31.7 Å². The number of likely N-dealkylation sites (tertiary alicyclic amines) is 1. The van der Waals surface area contributed by atoms with Gasteiger partial charge in [-0.1, -0.05) is 43.3 Å². The maximum Gasteiger partial charge on any atom is 0.295 e. The van der Waals surface area contributed by atoms with Crippen LogP contribution in [0.15, 0.2) is 72.3 Å². The van der Waals surface area contributed by atoms with Gasteiger partial charge in [0.15, 0.2) is 11.5 Å². The van der Waals surface area contributed by atoms with Crippen LogP contribution in [0.5, 0.6) is 17.2 Å². The fraction of sp³-hybridized carbons (Fsp3) is 0.389. The van der Waals surface area contributed by atoms with E-state index < -0.39 is 17.7 Å². The Bertz CT molecular complexity index is 1520. The first-order chi connectivity index (χ1) is 21.9. The molecule has 1 amide bonds. The van der Waals surface area contributed by atoms with Crippen molar-refractivity contribution in [3.63, 3.8) is 0 Å². The number of nitrogens with zero attached hydrogens (tertiary/aromatic N) is 2. The molecule has 0 saturated carbocycles. The molecule has 2 aliphatic heterocycles. The molecule has 1 N–H and O–H groups in total. The topological polar surface area (TPSA) is 97.8 Å². The third-order valence-electron chi connectivity index (χ3n) is 8.18. The standard InChI is InChI=1S/C36H42N2O7/c1-4-19-44-28-12-13-29(25(2)22-28)34(39)32-33(38(36(41)35(32)40)16-8-15-37-17-20-43-21-18-37)27-11-14-30(31(23-27)42-3)45-24-26-9-6-5-7-10-26/h5-7,9-14,22-23,33,39H,4,8,15-21,24H2,1-3H3. The van der Waals surface area contributed by atoms with Crippen molar-refractivity contribution in [3.05, 3.63) is 94.6 Å². The number of methoxy groups -OCH3 is 1. The second-order valence-corrected chi connectivity index (χ2v) is 11.3. The first-order valence-corrected chi connectivity index (χ1v) is 15.6. The van der Waals surface area contributed by atoms with Crippen LogP contribution in [0.2, 0.25) is 0 Å². The van der Waals surface area contributed by atoms with E-state index in [1.54, 1.807) is 36.3 Å². The van der Waals surface area contributed by atoms with E-state index in [4.69, 9.17) is 18.9 Å². The second-order valence-electron chi connectivity index (χ2n) is 11.3. The summed E-state index contributed by atoms with van der Waals surface area (Å²) >= 11 is 0. The number of hydrogen-bond donors (Lipinski definition) is 1. The van der Waals surface area contributed by atoms with Gasteiger partial charge < -0.3 is 29.0 Å². The highest BCUT2D eigenvalue weighted by molar-refractivity contribution is 6.46. The SMILES string of the molecule is CCCOc1ccc(C(O)=C2C(=O)C(=O)N(CCCN3CCOCC3)C2c2ccc(OCc3ccccc3)c(OC)c2)c(C)c1. The minimum Gasteiger partial charge on any atom is -0.507 e. The van der Waals surface area contributed by atoms with Gasteiger partial charge in [-0.15, -0.1) is 0 Å². The van der Waals surface area contributed by atoms with E-state index in [9.17, 15) is 14.7 Å². The van der Waals surface area contributed by atoms with Crippen molar-refractivity contribution in [2.24, 2.45) is 0 Å². The van der Waals surface area contributed by atoms with Crippen LogP contribution < -0.4 is 14.2 Å². The number of rotatable bonds is 13. The molecule has 0 spiro atoms. The maximum atomic E-state index is 13.7. The van der Waals surface area contributed by atoms with Crippen molar-refractivity contribution in [1.82, 2.24) is 9.80 Å². The Balaban J connectivity index is 1.49. The Labute approximate surface area is 265 Å². The lowest BCUT2D eigenvalue weighted by molar-refractivity contribution is -0.140. The molecule has 0 bridgehead atoms. The van der Waals surface area contributed by atoms with Gasteiger partial charge in [-0.2, -0.15) is 0 Å². The Morgan fingerprint density at radius 2 is 1.73 bits per heavy atom. The van der Waals surface area contributed by atoms with E-state index in [2.05, 4.69) is 4.90 Å². The molecular formula is C36H42N2O7. The van der Waals surface area contributed by atoms with E-state index >= 15 is 0 Å². The zero-order valence-corrected chi connectivity index (χ0v) is 26.3. The molecule has 0 aliphatic carbocycles. The fourth-order valence-corrected chi connectivity index (χ4v) is 5.81. The quantitative estimate of drug-likeness (QED) is 0.153. The number of aryl methyl sites for hydroxylation is 1. The lowest BCUT2D eigenvalue weighted by atomic mass is 9.93. The lowest BCUT2D eigenvalue weighted by Crippen LogP contribution is -2.39. The van der Waals surface area contributed by atoms with E-state index in [0.29, 0.717) is 67.8 Å². The maximum absolute atomic E-state index is 13.7. The fourth-order valence-electron chi connectivity index (χ4n) is 5.81. The summed E-state index contributed by atoms with van der Waals surface area (Å²) in [6, 6.07) is 19.8. The second kappa shape index (κ2) is 15.1. The third kappa shape index (κ3) is 7.49. The molecule has 2 saturated heterocycles. The molecular weight excluding hydrogens is 572 g/mol. The third-order valence-corrected chi connectivity index (χ3v) is 8.18. The highest BCUT2D eigenvalue weighted by atomic mass is 16.5. The molecule has 2 heterocycles. The summed E-state index contributed by atoms with van der Waals surface area (Å²) in [5.74, 6) is 0.132. The highest BCUT2D eigenvalue weighted by Crippen LogP contribution is 2.42. The first kappa shape index (κ1) is 32.1. The highest BCUT2D eigenvalue weighted by Gasteiger charge is 2.46. The Hall–Kier alpha value is -4.34. The van der Waals surface area contributed by atoms with Gasteiger partial charge in [0.1, 0.15) is 18.1 Å². The zero-order chi connectivity index (χ0) is 31.8. The molecule has 45 heavy (non-hydrogen) atoms. The minimum atomic E-state index is -0.804. The van der Waals surface area contributed by atoms with Gasteiger partial charge in [0.25, 0.3) is 11.7 Å². The van der Waals surface area contributed by atoms with Crippen molar-refractivity contribution in [2.45, 2.75) is 39.3 Å². The summed E-state index contributed by atoms with van der Waals surface area (Å²) in [7, 11) is 1.55. The zero-order valence-electron chi connectivity index (χ0n) is 26.3. The van der Waals surface area contributed by atoms with Gasteiger partial charge in [0.2, 0.25) is 0 Å². The van der Waals surface area contributed by atoms with Crippen LogP contribution in [0.3, 0.4) is 0 Å². The number of amides is 1. The normalized spacial score (nSPS) is 18.3. The summed E-state index contributed by atoms with van der Waals surface area (Å²) in [6.07, 6.45) is 1.54. The molecule has 2 aliphatic rings. The number of morpholine rings is 1. The van der Waals surface area contributed by atoms with Crippen LogP contribution in [0, 0.1) is 6.92 Å². The molecule has 3 aromatic carbocycles. The van der Waals surface area contributed by atoms with Crippen molar-refractivity contribution < 1.29 is 33.6 Å². The number of ketones is 1. The van der Waals surface area contributed by atoms with Crippen LogP contribution in [-0.2, 0) is 20.9 Å². The van der Waals surface area contributed by atoms with Crippen LogP contribution in [0.25, 0.3) is 5.76 Å². The van der Waals surface area contributed by atoms with Crippen LogP contribution >= 0.6 is 0 Å². The lowest BCUT2D eigenvalue weighted by Gasteiger charge is -2.29. The molecule has 9 heteroatoms.